The van der Waals surface area contributed by atoms with Crippen LogP contribution in [-0.4, -0.2) is 41.3 Å². The van der Waals surface area contributed by atoms with Crippen LogP contribution in [0.4, 0.5) is 11.4 Å². The minimum Gasteiger partial charge on any atom is -0.495 e. The number of carbonyl (C=O) groups is 1. The molecule has 28 heavy (non-hydrogen) atoms. The molecule has 0 aliphatic carbocycles. The van der Waals surface area contributed by atoms with Gasteiger partial charge in [0.2, 0.25) is 15.9 Å². The highest BCUT2D eigenvalue weighted by Gasteiger charge is 2.22. The topological polar surface area (TPSA) is 84.9 Å². The fraction of sp³-hybridized carbons (Fsp3) is 0.316. The molecule has 0 saturated carbocycles. The average molecular weight is 427 g/mol. The molecule has 0 aliphatic heterocycles. The van der Waals surface area contributed by atoms with Crippen LogP contribution >= 0.6 is 11.6 Å². The normalized spacial score (nSPS) is 11.1. The third-order valence-corrected chi connectivity index (χ3v) is 5.65. The summed E-state index contributed by atoms with van der Waals surface area (Å²) in [5.41, 5.74) is 2.69. The average Bonchev–Trinajstić information content (AvgIpc) is 2.62. The number of aryl methyl sites for hydroxylation is 2. The van der Waals surface area contributed by atoms with Gasteiger partial charge in [0.1, 0.15) is 18.0 Å². The third kappa shape index (κ3) is 5.08. The quantitative estimate of drug-likeness (QED) is 0.733. The zero-order valence-electron chi connectivity index (χ0n) is 16.4. The van der Waals surface area contributed by atoms with E-state index in [9.17, 15) is 13.2 Å². The molecule has 0 fully saturated rings. The van der Waals surface area contributed by atoms with Gasteiger partial charge < -0.3 is 14.8 Å². The summed E-state index contributed by atoms with van der Waals surface area (Å²) in [4.78, 5) is 12.6. The second kappa shape index (κ2) is 8.70. The molecule has 0 heterocycles. The summed E-state index contributed by atoms with van der Waals surface area (Å²) in [6.45, 7) is 3.41. The Morgan fingerprint density at radius 3 is 2.25 bits per heavy atom. The first-order valence-electron chi connectivity index (χ1n) is 8.33. The molecular weight excluding hydrogens is 404 g/mol. The van der Waals surface area contributed by atoms with E-state index in [4.69, 9.17) is 21.1 Å². The number of ether oxygens (including phenoxy) is 2. The van der Waals surface area contributed by atoms with Crippen LogP contribution in [0.1, 0.15) is 11.1 Å². The van der Waals surface area contributed by atoms with Crippen LogP contribution in [0, 0.1) is 13.8 Å². The first-order chi connectivity index (χ1) is 13.1. The lowest BCUT2D eigenvalue weighted by atomic mass is 10.1. The summed E-state index contributed by atoms with van der Waals surface area (Å²) in [5.74, 6) is 0.148. The summed E-state index contributed by atoms with van der Waals surface area (Å²) in [5, 5.41) is 2.98. The maximum atomic E-state index is 12.6. The van der Waals surface area contributed by atoms with Gasteiger partial charge in [-0.3, -0.25) is 9.10 Å². The summed E-state index contributed by atoms with van der Waals surface area (Å²) in [7, 11) is -0.790. The van der Waals surface area contributed by atoms with Crippen molar-refractivity contribution in [2.75, 3.05) is 36.6 Å². The number of anilines is 2. The van der Waals surface area contributed by atoms with Crippen molar-refractivity contribution in [1.29, 1.82) is 0 Å². The zero-order valence-corrected chi connectivity index (χ0v) is 17.9. The molecule has 0 bridgehead atoms. The van der Waals surface area contributed by atoms with Gasteiger partial charge in [-0.05, 0) is 37.1 Å². The Morgan fingerprint density at radius 2 is 1.71 bits per heavy atom. The molecule has 152 valence electrons. The molecule has 0 atom stereocenters. The van der Waals surface area contributed by atoms with E-state index < -0.39 is 22.5 Å². The smallest absolute Gasteiger partial charge is 0.245 e. The SMILES string of the molecule is COc1cc(NC(=O)CN(c2ccc(C)c(C)c2)S(C)(=O)=O)c(OC)cc1Cl. The summed E-state index contributed by atoms with van der Waals surface area (Å²) in [6, 6.07) is 8.24. The molecule has 0 radical (unpaired) electrons. The lowest BCUT2D eigenvalue weighted by molar-refractivity contribution is -0.114. The van der Waals surface area contributed by atoms with E-state index in [1.165, 1.54) is 26.4 Å². The molecule has 1 amide bonds. The highest BCUT2D eigenvalue weighted by molar-refractivity contribution is 7.92. The largest absolute Gasteiger partial charge is 0.495 e. The van der Waals surface area contributed by atoms with Crippen LogP contribution in [0.2, 0.25) is 5.02 Å². The maximum absolute atomic E-state index is 12.6. The second-order valence-electron chi connectivity index (χ2n) is 6.27. The second-order valence-corrected chi connectivity index (χ2v) is 8.59. The number of amides is 1. The van der Waals surface area contributed by atoms with Crippen molar-refractivity contribution in [1.82, 2.24) is 0 Å². The van der Waals surface area contributed by atoms with Crippen molar-refractivity contribution in [3.05, 3.63) is 46.5 Å². The fourth-order valence-electron chi connectivity index (χ4n) is 2.56. The zero-order chi connectivity index (χ0) is 21.1. The van der Waals surface area contributed by atoms with E-state index >= 15 is 0 Å². The van der Waals surface area contributed by atoms with Crippen molar-refractivity contribution < 1.29 is 22.7 Å². The van der Waals surface area contributed by atoms with Crippen LogP contribution in [0.3, 0.4) is 0 Å². The van der Waals surface area contributed by atoms with Crippen molar-refractivity contribution in [3.63, 3.8) is 0 Å². The standard InChI is InChI=1S/C19H23ClN2O5S/c1-12-6-7-14(8-13(12)2)22(28(5,24)25)11-19(23)21-16-10-17(26-3)15(20)9-18(16)27-4/h6-10H,11H2,1-5H3,(H,21,23). The van der Waals surface area contributed by atoms with E-state index in [1.807, 2.05) is 19.9 Å². The molecule has 0 aromatic heterocycles. The lowest BCUT2D eigenvalue weighted by Gasteiger charge is -2.23. The maximum Gasteiger partial charge on any atom is 0.245 e. The molecule has 0 unspecified atom stereocenters. The van der Waals surface area contributed by atoms with Crippen LogP contribution < -0.4 is 19.1 Å². The van der Waals surface area contributed by atoms with Gasteiger partial charge in [0.15, 0.2) is 0 Å². The number of benzene rings is 2. The molecule has 2 rings (SSSR count). The Hall–Kier alpha value is -2.45. The monoisotopic (exact) mass is 426 g/mol. The first kappa shape index (κ1) is 21.8. The highest BCUT2D eigenvalue weighted by Crippen LogP contribution is 2.36. The number of hydrogen-bond acceptors (Lipinski definition) is 5. The van der Waals surface area contributed by atoms with Crippen LogP contribution in [-0.2, 0) is 14.8 Å². The van der Waals surface area contributed by atoms with Gasteiger partial charge in [-0.2, -0.15) is 0 Å². The van der Waals surface area contributed by atoms with Crippen molar-refractivity contribution in [2.45, 2.75) is 13.8 Å². The molecule has 1 N–H and O–H groups in total. The number of nitrogens with zero attached hydrogens (tertiary/aromatic N) is 1. The molecule has 0 aliphatic rings. The minimum atomic E-state index is -3.67. The predicted molar refractivity (Wildman–Crippen MR) is 111 cm³/mol. The van der Waals surface area contributed by atoms with Gasteiger partial charge >= 0.3 is 0 Å². The van der Waals surface area contributed by atoms with E-state index in [1.54, 1.807) is 12.1 Å². The number of nitrogens with one attached hydrogen (secondary N) is 1. The Labute approximate surface area is 170 Å². The van der Waals surface area contributed by atoms with Crippen LogP contribution in [0.25, 0.3) is 0 Å². The molecule has 0 spiro atoms. The molecule has 7 nitrogen and oxygen atoms in total. The third-order valence-electron chi connectivity index (χ3n) is 4.21. The van der Waals surface area contributed by atoms with Gasteiger partial charge in [0.05, 0.1) is 36.9 Å². The first-order valence-corrected chi connectivity index (χ1v) is 10.6. The van der Waals surface area contributed by atoms with Gasteiger partial charge in [-0.25, -0.2) is 8.42 Å². The van der Waals surface area contributed by atoms with Crippen LogP contribution in [0.5, 0.6) is 11.5 Å². The molecule has 2 aromatic rings. The Morgan fingerprint density at radius 1 is 1.07 bits per heavy atom. The van der Waals surface area contributed by atoms with Crippen molar-refractivity contribution in [3.8, 4) is 11.5 Å². The van der Waals surface area contributed by atoms with Gasteiger partial charge in [0, 0.05) is 12.1 Å². The fourth-order valence-corrected chi connectivity index (χ4v) is 3.64. The summed E-state index contributed by atoms with van der Waals surface area (Å²) < 4.78 is 36.0. The Kier molecular flexibility index (Phi) is 6.79. The lowest BCUT2D eigenvalue weighted by Crippen LogP contribution is -2.37. The molecular formula is C19H23ClN2O5S. The van der Waals surface area contributed by atoms with Crippen molar-refractivity contribution in [2.24, 2.45) is 0 Å². The predicted octanol–water partition coefficient (Wildman–Crippen LogP) is 3.38. The van der Waals surface area contributed by atoms with Gasteiger partial charge in [0.25, 0.3) is 0 Å². The summed E-state index contributed by atoms with van der Waals surface area (Å²) >= 11 is 6.06. The van der Waals surface area contributed by atoms with Crippen molar-refractivity contribution >= 4 is 38.9 Å². The van der Waals surface area contributed by atoms with Gasteiger partial charge in [-0.1, -0.05) is 17.7 Å². The highest BCUT2D eigenvalue weighted by atomic mass is 35.5. The number of methoxy groups -OCH3 is 2. The molecule has 0 saturated heterocycles. The number of hydrogen-bond donors (Lipinski definition) is 1. The number of sulfonamides is 1. The Bertz CT molecular complexity index is 992. The van der Waals surface area contributed by atoms with E-state index in [0.717, 1.165) is 21.7 Å². The Balaban J connectivity index is 2.31. The van der Waals surface area contributed by atoms with E-state index in [0.29, 0.717) is 27.9 Å². The van der Waals surface area contributed by atoms with Crippen LogP contribution in [0.15, 0.2) is 30.3 Å². The number of rotatable bonds is 7. The summed E-state index contributed by atoms with van der Waals surface area (Å²) in [6.07, 6.45) is 1.06. The molecule has 9 heteroatoms. The molecule has 2 aromatic carbocycles. The van der Waals surface area contributed by atoms with E-state index in [-0.39, 0.29) is 0 Å². The van der Waals surface area contributed by atoms with E-state index in [2.05, 4.69) is 5.32 Å². The number of carbonyl (C=O) groups excluding carboxylic acids is 1. The number of halogens is 1. The van der Waals surface area contributed by atoms with Gasteiger partial charge in [-0.15, -0.1) is 0 Å². The minimum absolute atomic E-state index is 0.322.